The second-order valence-electron chi connectivity index (χ2n) is 7.35. The monoisotopic (exact) mass is 452 g/mol. The number of rotatable bonds is 6. The molecule has 9 nitrogen and oxygen atoms in total. The van der Waals surface area contributed by atoms with Gasteiger partial charge in [0.2, 0.25) is 0 Å². The van der Waals surface area contributed by atoms with E-state index >= 15 is 0 Å². The average molecular weight is 452 g/mol. The molecule has 168 valence electrons. The summed E-state index contributed by atoms with van der Waals surface area (Å²) in [6.07, 6.45) is 3.40. The first kappa shape index (κ1) is 21.1. The summed E-state index contributed by atoms with van der Waals surface area (Å²) in [6.45, 7) is 0. The third kappa shape index (κ3) is 4.02. The lowest BCUT2D eigenvalue weighted by Crippen LogP contribution is -2.12. The van der Waals surface area contributed by atoms with E-state index in [1.165, 1.54) is 7.11 Å². The van der Waals surface area contributed by atoms with Gasteiger partial charge in [0.15, 0.2) is 23.0 Å². The standard InChI is InChI=1S/C25H20N6O3/c1-33-21-8-6-18(15-22(21)34-2)25(32)27-19-5-3-4-17(14-19)20-7-9-23-28-29-24(31(23)30-20)16-10-12-26-13-11-16/h3-15H,1-2H3,(H,27,32). The van der Waals surface area contributed by atoms with Gasteiger partial charge in [0.05, 0.1) is 19.9 Å². The fourth-order valence-corrected chi connectivity index (χ4v) is 3.56. The maximum absolute atomic E-state index is 12.8. The van der Waals surface area contributed by atoms with Gasteiger partial charge < -0.3 is 14.8 Å². The number of aromatic nitrogens is 5. The van der Waals surface area contributed by atoms with Crippen LogP contribution in [-0.2, 0) is 0 Å². The molecule has 0 saturated carbocycles. The molecule has 34 heavy (non-hydrogen) atoms. The quantitative estimate of drug-likeness (QED) is 0.413. The molecule has 9 heteroatoms. The van der Waals surface area contributed by atoms with E-state index in [-0.39, 0.29) is 5.91 Å². The first-order valence-electron chi connectivity index (χ1n) is 10.4. The van der Waals surface area contributed by atoms with Gasteiger partial charge in [0, 0.05) is 34.8 Å². The van der Waals surface area contributed by atoms with Crippen molar-refractivity contribution < 1.29 is 14.3 Å². The molecule has 0 aliphatic rings. The molecule has 0 fully saturated rings. The molecule has 1 amide bonds. The summed E-state index contributed by atoms with van der Waals surface area (Å²) in [4.78, 5) is 16.9. The number of amides is 1. The number of nitrogens with one attached hydrogen (secondary N) is 1. The highest BCUT2D eigenvalue weighted by atomic mass is 16.5. The van der Waals surface area contributed by atoms with Crippen molar-refractivity contribution in [2.24, 2.45) is 0 Å². The molecule has 2 aromatic carbocycles. The Kier molecular flexibility index (Phi) is 5.57. The van der Waals surface area contributed by atoms with Gasteiger partial charge in [-0.15, -0.1) is 10.2 Å². The van der Waals surface area contributed by atoms with Gasteiger partial charge in [0.1, 0.15) is 0 Å². The minimum atomic E-state index is -0.264. The number of benzene rings is 2. The van der Waals surface area contributed by atoms with Crippen LogP contribution in [0.1, 0.15) is 10.4 Å². The minimum Gasteiger partial charge on any atom is -0.493 e. The highest BCUT2D eigenvalue weighted by Gasteiger charge is 2.13. The largest absolute Gasteiger partial charge is 0.493 e. The molecule has 0 bridgehead atoms. The minimum absolute atomic E-state index is 0.264. The van der Waals surface area contributed by atoms with E-state index in [1.54, 1.807) is 42.2 Å². The molecule has 3 heterocycles. The van der Waals surface area contributed by atoms with Crippen LogP contribution < -0.4 is 14.8 Å². The number of carbonyl (C=O) groups excluding carboxylic acids is 1. The van der Waals surface area contributed by atoms with E-state index in [0.29, 0.717) is 39.9 Å². The second kappa shape index (κ2) is 8.99. The molecule has 0 radical (unpaired) electrons. The predicted molar refractivity (Wildman–Crippen MR) is 127 cm³/mol. The summed E-state index contributed by atoms with van der Waals surface area (Å²) in [5.74, 6) is 1.40. The van der Waals surface area contributed by atoms with Crippen LogP contribution in [0.5, 0.6) is 11.5 Å². The highest BCUT2D eigenvalue weighted by molar-refractivity contribution is 6.04. The van der Waals surface area contributed by atoms with E-state index in [0.717, 1.165) is 11.1 Å². The van der Waals surface area contributed by atoms with Gasteiger partial charge in [0.25, 0.3) is 5.91 Å². The fraction of sp³-hybridized carbons (Fsp3) is 0.0800. The Bertz CT molecular complexity index is 1480. The Balaban J connectivity index is 1.44. The highest BCUT2D eigenvalue weighted by Crippen LogP contribution is 2.28. The molecule has 0 aliphatic heterocycles. The lowest BCUT2D eigenvalue weighted by molar-refractivity contribution is 0.102. The number of anilines is 1. The SMILES string of the molecule is COc1ccc(C(=O)Nc2cccc(-c3ccc4nnc(-c5ccncc5)n4n3)c2)cc1OC. The number of fused-ring (bicyclic) bond motifs is 1. The topological polar surface area (TPSA) is 104 Å². The lowest BCUT2D eigenvalue weighted by Gasteiger charge is -2.11. The molecule has 3 aromatic heterocycles. The van der Waals surface area contributed by atoms with Crippen LogP contribution in [0, 0.1) is 0 Å². The van der Waals surface area contributed by atoms with Crippen LogP contribution in [0.2, 0.25) is 0 Å². The summed E-state index contributed by atoms with van der Waals surface area (Å²) < 4.78 is 12.2. The van der Waals surface area contributed by atoms with Crippen molar-refractivity contribution >= 4 is 17.2 Å². The van der Waals surface area contributed by atoms with E-state index < -0.39 is 0 Å². The van der Waals surface area contributed by atoms with Crippen LogP contribution in [0.4, 0.5) is 5.69 Å². The molecule has 0 unspecified atom stereocenters. The number of carbonyl (C=O) groups is 1. The molecule has 0 saturated heterocycles. The fourth-order valence-electron chi connectivity index (χ4n) is 3.56. The molecule has 1 N–H and O–H groups in total. The van der Waals surface area contributed by atoms with Gasteiger partial charge >= 0.3 is 0 Å². The first-order valence-corrected chi connectivity index (χ1v) is 10.4. The van der Waals surface area contributed by atoms with Gasteiger partial charge in [-0.3, -0.25) is 9.78 Å². The molecule has 5 rings (SSSR count). The molecule has 0 spiro atoms. The lowest BCUT2D eigenvalue weighted by atomic mass is 10.1. The zero-order chi connectivity index (χ0) is 23.5. The Morgan fingerprint density at radius 3 is 2.47 bits per heavy atom. The van der Waals surface area contributed by atoms with Crippen LogP contribution >= 0.6 is 0 Å². The number of pyridine rings is 1. The van der Waals surface area contributed by atoms with Crippen LogP contribution in [0.3, 0.4) is 0 Å². The Hall–Kier alpha value is -4.79. The van der Waals surface area contributed by atoms with Crippen LogP contribution in [0.25, 0.3) is 28.3 Å². The molecule has 0 atom stereocenters. The average Bonchev–Trinajstić information content (AvgIpc) is 3.32. The van der Waals surface area contributed by atoms with Crippen molar-refractivity contribution in [3.8, 4) is 34.1 Å². The third-order valence-electron chi connectivity index (χ3n) is 5.26. The van der Waals surface area contributed by atoms with Crippen LogP contribution in [-0.4, -0.2) is 44.9 Å². The van der Waals surface area contributed by atoms with E-state index in [4.69, 9.17) is 14.6 Å². The number of hydrogen-bond acceptors (Lipinski definition) is 7. The number of nitrogens with zero attached hydrogens (tertiary/aromatic N) is 5. The molecule has 5 aromatic rings. The van der Waals surface area contributed by atoms with Crippen LogP contribution in [0.15, 0.2) is 79.1 Å². The van der Waals surface area contributed by atoms with E-state index in [9.17, 15) is 4.79 Å². The Morgan fingerprint density at radius 2 is 1.68 bits per heavy atom. The van der Waals surface area contributed by atoms with Gasteiger partial charge in [-0.05, 0) is 54.6 Å². The number of ether oxygens (including phenoxy) is 2. The zero-order valence-electron chi connectivity index (χ0n) is 18.5. The Morgan fingerprint density at radius 1 is 0.853 bits per heavy atom. The maximum atomic E-state index is 12.8. The zero-order valence-corrected chi connectivity index (χ0v) is 18.5. The van der Waals surface area contributed by atoms with Crippen molar-refractivity contribution in [1.82, 2.24) is 24.8 Å². The summed E-state index contributed by atoms with van der Waals surface area (Å²) >= 11 is 0. The van der Waals surface area contributed by atoms with Crippen molar-refractivity contribution in [2.75, 3.05) is 19.5 Å². The molecular formula is C25H20N6O3. The summed E-state index contributed by atoms with van der Waals surface area (Å²) in [5, 5.41) is 16.1. The Labute approximate surface area is 195 Å². The molecular weight excluding hydrogens is 432 g/mol. The van der Waals surface area contributed by atoms with Crippen molar-refractivity contribution in [3.63, 3.8) is 0 Å². The smallest absolute Gasteiger partial charge is 0.255 e. The van der Waals surface area contributed by atoms with Crippen molar-refractivity contribution in [2.45, 2.75) is 0 Å². The van der Waals surface area contributed by atoms with Gasteiger partial charge in [-0.2, -0.15) is 9.61 Å². The molecule has 0 aliphatic carbocycles. The van der Waals surface area contributed by atoms with E-state index in [1.807, 2.05) is 48.5 Å². The summed E-state index contributed by atoms with van der Waals surface area (Å²) in [6, 6.07) is 19.9. The van der Waals surface area contributed by atoms with E-state index in [2.05, 4.69) is 20.5 Å². The van der Waals surface area contributed by atoms with Gasteiger partial charge in [-0.1, -0.05) is 12.1 Å². The van der Waals surface area contributed by atoms with Crippen molar-refractivity contribution in [1.29, 1.82) is 0 Å². The number of hydrogen-bond donors (Lipinski definition) is 1. The number of methoxy groups -OCH3 is 2. The second-order valence-corrected chi connectivity index (χ2v) is 7.35. The third-order valence-corrected chi connectivity index (χ3v) is 5.26. The first-order chi connectivity index (χ1) is 16.7. The summed E-state index contributed by atoms with van der Waals surface area (Å²) in [7, 11) is 3.08. The summed E-state index contributed by atoms with van der Waals surface area (Å²) in [5.41, 5.74) is 4.13. The predicted octanol–water partition coefficient (Wildman–Crippen LogP) is 4.12. The van der Waals surface area contributed by atoms with Gasteiger partial charge in [-0.25, -0.2) is 0 Å². The maximum Gasteiger partial charge on any atom is 0.255 e. The van der Waals surface area contributed by atoms with Crippen molar-refractivity contribution in [3.05, 3.63) is 84.7 Å². The normalized spacial score (nSPS) is 10.8.